The van der Waals surface area contributed by atoms with Gasteiger partial charge >= 0.3 is 0 Å². The van der Waals surface area contributed by atoms with E-state index in [4.69, 9.17) is 4.74 Å². The van der Waals surface area contributed by atoms with Crippen molar-refractivity contribution in [3.8, 4) is 6.07 Å². The van der Waals surface area contributed by atoms with Gasteiger partial charge in [0.15, 0.2) is 5.78 Å². The SMILES string of the molecule is CC(=O)c1ccc(Cc2cc([C@@H]3O[C@H](CO)[C@@H](O)[C@H](O)[C@H]3O)ccc2C#N)cc1. The molecule has 0 aliphatic carbocycles. The van der Waals surface area contributed by atoms with Gasteiger partial charge in [0.25, 0.3) is 0 Å². The first-order valence-electron chi connectivity index (χ1n) is 9.29. The number of hydrogen-bond donors (Lipinski definition) is 4. The van der Waals surface area contributed by atoms with Crippen LogP contribution in [0.2, 0.25) is 0 Å². The minimum absolute atomic E-state index is 0.0288. The summed E-state index contributed by atoms with van der Waals surface area (Å²) in [6.45, 7) is 0.986. The van der Waals surface area contributed by atoms with E-state index < -0.39 is 37.1 Å². The summed E-state index contributed by atoms with van der Waals surface area (Å²) in [6.07, 6.45) is -5.82. The molecule has 0 bridgehead atoms. The lowest BCUT2D eigenvalue weighted by molar-refractivity contribution is -0.231. The predicted molar refractivity (Wildman–Crippen MR) is 103 cm³/mol. The van der Waals surface area contributed by atoms with E-state index in [1.807, 2.05) is 12.1 Å². The third kappa shape index (κ3) is 4.37. The Labute approximate surface area is 168 Å². The molecule has 1 saturated heterocycles. The lowest BCUT2D eigenvalue weighted by atomic mass is 9.89. The van der Waals surface area contributed by atoms with Gasteiger partial charge in [0, 0.05) is 5.56 Å². The Morgan fingerprint density at radius 1 is 1.07 bits per heavy atom. The van der Waals surface area contributed by atoms with Gasteiger partial charge in [-0.05, 0) is 36.1 Å². The average Bonchev–Trinajstić information content (AvgIpc) is 2.72. The Bertz CT molecular complexity index is 918. The van der Waals surface area contributed by atoms with Crippen LogP contribution in [0, 0.1) is 11.3 Å². The zero-order valence-corrected chi connectivity index (χ0v) is 15.9. The maximum atomic E-state index is 11.4. The summed E-state index contributed by atoms with van der Waals surface area (Å²) >= 11 is 0. The smallest absolute Gasteiger partial charge is 0.159 e. The number of carbonyl (C=O) groups excluding carboxylic acids is 1. The van der Waals surface area contributed by atoms with Crippen LogP contribution in [0.4, 0.5) is 0 Å². The van der Waals surface area contributed by atoms with Gasteiger partial charge < -0.3 is 25.2 Å². The first-order chi connectivity index (χ1) is 13.8. The van der Waals surface area contributed by atoms with E-state index >= 15 is 0 Å². The van der Waals surface area contributed by atoms with Crippen molar-refractivity contribution in [1.29, 1.82) is 5.26 Å². The standard InChI is InChI=1S/C22H23NO6/c1-12(25)14-4-2-13(3-5-14)8-17-9-15(6-7-16(17)10-23)22-21(28)20(27)19(26)18(11-24)29-22/h2-7,9,18-22,24,26-28H,8,11H2,1H3/t18-,19-,20+,21-,22+/m1/s1. The molecule has 1 heterocycles. The molecule has 5 atom stereocenters. The number of benzene rings is 2. The van der Waals surface area contributed by atoms with Crippen molar-refractivity contribution in [2.45, 2.75) is 43.9 Å². The first kappa shape index (κ1) is 21.1. The summed E-state index contributed by atoms with van der Waals surface area (Å²) in [7, 11) is 0. The van der Waals surface area contributed by atoms with E-state index in [0.29, 0.717) is 28.7 Å². The molecule has 7 nitrogen and oxygen atoms in total. The van der Waals surface area contributed by atoms with E-state index in [-0.39, 0.29) is 5.78 Å². The van der Waals surface area contributed by atoms with Crippen LogP contribution in [-0.4, -0.2) is 57.2 Å². The lowest BCUT2D eigenvalue weighted by Crippen LogP contribution is -2.55. The van der Waals surface area contributed by atoms with E-state index in [9.17, 15) is 30.5 Å². The Morgan fingerprint density at radius 2 is 1.76 bits per heavy atom. The molecule has 0 aromatic heterocycles. The lowest BCUT2D eigenvalue weighted by Gasteiger charge is -2.40. The molecule has 0 spiro atoms. The van der Waals surface area contributed by atoms with E-state index in [2.05, 4.69) is 6.07 Å². The van der Waals surface area contributed by atoms with E-state index in [0.717, 1.165) is 5.56 Å². The maximum absolute atomic E-state index is 11.4. The number of rotatable bonds is 5. The summed E-state index contributed by atoms with van der Waals surface area (Å²) in [6, 6.07) is 14.2. The molecule has 4 N–H and O–H groups in total. The highest BCUT2D eigenvalue weighted by Gasteiger charge is 2.44. The van der Waals surface area contributed by atoms with Gasteiger partial charge in [0.2, 0.25) is 0 Å². The third-order valence-electron chi connectivity index (χ3n) is 5.23. The van der Waals surface area contributed by atoms with Crippen LogP contribution in [0.15, 0.2) is 42.5 Å². The summed E-state index contributed by atoms with van der Waals surface area (Å²) in [4.78, 5) is 11.4. The highest BCUT2D eigenvalue weighted by Crippen LogP contribution is 2.33. The molecule has 152 valence electrons. The second-order valence-corrected chi connectivity index (χ2v) is 7.21. The largest absolute Gasteiger partial charge is 0.394 e. The van der Waals surface area contributed by atoms with Gasteiger partial charge in [-0.3, -0.25) is 4.79 Å². The summed E-state index contributed by atoms with van der Waals surface area (Å²) in [5.41, 5.74) is 3.17. The van der Waals surface area contributed by atoms with Gasteiger partial charge in [0.05, 0.1) is 18.2 Å². The average molecular weight is 397 g/mol. The molecule has 0 unspecified atom stereocenters. The van der Waals surface area contributed by atoms with Crippen molar-refractivity contribution in [2.24, 2.45) is 0 Å². The molecule has 2 aromatic carbocycles. The predicted octanol–water partition coefficient (Wildman–Crippen LogP) is 0.867. The van der Waals surface area contributed by atoms with Gasteiger partial charge in [-0.1, -0.05) is 36.4 Å². The number of ketones is 1. The summed E-state index contributed by atoms with van der Waals surface area (Å²) in [5.74, 6) is -0.0288. The number of ether oxygens (including phenoxy) is 1. The zero-order valence-electron chi connectivity index (χ0n) is 15.9. The van der Waals surface area contributed by atoms with E-state index in [1.165, 1.54) is 6.92 Å². The first-order valence-corrected chi connectivity index (χ1v) is 9.29. The number of hydrogen-bond acceptors (Lipinski definition) is 7. The number of aliphatic hydroxyl groups excluding tert-OH is 4. The van der Waals surface area contributed by atoms with Crippen molar-refractivity contribution < 1.29 is 30.0 Å². The van der Waals surface area contributed by atoms with Crippen molar-refractivity contribution in [3.05, 3.63) is 70.3 Å². The van der Waals surface area contributed by atoms with Crippen LogP contribution >= 0.6 is 0 Å². The van der Waals surface area contributed by atoms with Crippen molar-refractivity contribution >= 4 is 5.78 Å². The summed E-state index contributed by atoms with van der Waals surface area (Å²) in [5, 5.41) is 49.2. The molecule has 7 heteroatoms. The van der Waals surface area contributed by atoms with Crippen LogP contribution < -0.4 is 0 Å². The maximum Gasteiger partial charge on any atom is 0.159 e. The fourth-order valence-electron chi connectivity index (χ4n) is 3.50. The van der Waals surface area contributed by atoms with Crippen molar-refractivity contribution in [2.75, 3.05) is 6.61 Å². The highest BCUT2D eigenvalue weighted by molar-refractivity contribution is 5.94. The molecular formula is C22H23NO6. The minimum atomic E-state index is -1.47. The number of nitrogens with zero attached hydrogens (tertiary/aromatic N) is 1. The zero-order chi connectivity index (χ0) is 21.1. The van der Waals surface area contributed by atoms with Crippen LogP contribution in [0.3, 0.4) is 0 Å². The fraction of sp³-hybridized carbons (Fsp3) is 0.364. The molecule has 0 amide bonds. The number of nitriles is 1. The molecule has 3 rings (SSSR count). The van der Waals surface area contributed by atoms with Crippen LogP contribution in [0.5, 0.6) is 0 Å². The molecule has 2 aromatic rings. The van der Waals surface area contributed by atoms with Crippen LogP contribution in [-0.2, 0) is 11.2 Å². The molecule has 1 fully saturated rings. The molecule has 1 aliphatic heterocycles. The Hall–Kier alpha value is -2.60. The second kappa shape index (κ2) is 8.82. The highest BCUT2D eigenvalue weighted by atomic mass is 16.5. The molecular weight excluding hydrogens is 374 g/mol. The van der Waals surface area contributed by atoms with Gasteiger partial charge in [-0.2, -0.15) is 5.26 Å². The van der Waals surface area contributed by atoms with Gasteiger partial charge in [-0.25, -0.2) is 0 Å². The quantitative estimate of drug-likeness (QED) is 0.551. The second-order valence-electron chi connectivity index (χ2n) is 7.21. The Kier molecular flexibility index (Phi) is 6.42. The molecule has 1 aliphatic rings. The number of aliphatic hydroxyl groups is 4. The van der Waals surface area contributed by atoms with Crippen molar-refractivity contribution in [3.63, 3.8) is 0 Å². The van der Waals surface area contributed by atoms with Gasteiger partial charge in [0.1, 0.15) is 30.5 Å². The van der Waals surface area contributed by atoms with E-state index in [1.54, 1.807) is 30.3 Å². The fourth-order valence-corrected chi connectivity index (χ4v) is 3.50. The topological polar surface area (TPSA) is 131 Å². The minimum Gasteiger partial charge on any atom is -0.394 e. The van der Waals surface area contributed by atoms with Crippen LogP contribution in [0.1, 0.15) is 45.6 Å². The third-order valence-corrected chi connectivity index (χ3v) is 5.23. The normalized spacial score (nSPS) is 26.7. The Morgan fingerprint density at radius 3 is 2.34 bits per heavy atom. The Balaban J connectivity index is 1.90. The molecule has 0 radical (unpaired) electrons. The van der Waals surface area contributed by atoms with Crippen LogP contribution in [0.25, 0.3) is 0 Å². The van der Waals surface area contributed by atoms with Gasteiger partial charge in [-0.15, -0.1) is 0 Å². The summed E-state index contributed by atoms with van der Waals surface area (Å²) < 4.78 is 5.61. The number of carbonyl (C=O) groups is 1. The number of Topliss-reactive ketones (excluding diaryl/α,β-unsaturated/α-hetero) is 1. The molecule has 29 heavy (non-hydrogen) atoms. The molecule has 0 saturated carbocycles. The monoisotopic (exact) mass is 397 g/mol. The van der Waals surface area contributed by atoms with Crippen molar-refractivity contribution in [1.82, 2.24) is 0 Å².